The van der Waals surface area contributed by atoms with Gasteiger partial charge in [-0.2, -0.15) is 17.5 Å². The summed E-state index contributed by atoms with van der Waals surface area (Å²) in [6.07, 6.45) is 0.670. The molecule has 0 aromatic rings. The third-order valence-electron chi connectivity index (χ3n) is 3.23. The summed E-state index contributed by atoms with van der Waals surface area (Å²) in [4.78, 5) is 4.16. The zero-order chi connectivity index (χ0) is 17.2. The maximum absolute atomic E-state index is 12.5. The fourth-order valence-electron chi connectivity index (χ4n) is 2.13. The number of piperidine rings is 1. The molecule has 1 heterocycles. The van der Waals surface area contributed by atoms with Crippen LogP contribution in [-0.4, -0.2) is 49.4 Å². The van der Waals surface area contributed by atoms with Crippen LogP contribution in [0.15, 0.2) is 4.99 Å². The molecule has 0 unspecified atom stereocenters. The first-order chi connectivity index (χ1) is 9.83. The molecule has 0 bridgehead atoms. The molecule has 0 amide bonds. The van der Waals surface area contributed by atoms with Gasteiger partial charge in [0.15, 0.2) is 5.96 Å². The molecule has 3 N–H and O–H groups in total. The summed E-state index contributed by atoms with van der Waals surface area (Å²) in [6.45, 7) is 5.86. The quantitative estimate of drug-likeness (QED) is 0.596. The molecule has 0 spiro atoms. The summed E-state index contributed by atoms with van der Waals surface area (Å²) in [5, 5.41) is 2.98. The number of hydrogen-bond donors (Lipinski definition) is 2. The van der Waals surface area contributed by atoms with Gasteiger partial charge in [-0.25, -0.2) is 8.42 Å². The SMILES string of the molecule is CC(C)(C)NC(N)=NCC1CCN(S(=O)(=O)C(F)(F)F)CC1. The minimum Gasteiger partial charge on any atom is -0.370 e. The van der Waals surface area contributed by atoms with Crippen LogP contribution < -0.4 is 11.1 Å². The molecule has 22 heavy (non-hydrogen) atoms. The number of nitrogens with two attached hydrogens (primary N) is 1. The lowest BCUT2D eigenvalue weighted by molar-refractivity contribution is -0.0496. The summed E-state index contributed by atoms with van der Waals surface area (Å²) in [7, 11) is -5.22. The number of aliphatic imine (C=N–C) groups is 1. The molecule has 0 aromatic carbocycles. The fourth-order valence-corrected chi connectivity index (χ4v) is 3.11. The van der Waals surface area contributed by atoms with Crippen LogP contribution in [0.5, 0.6) is 0 Å². The Labute approximate surface area is 129 Å². The van der Waals surface area contributed by atoms with E-state index in [1.165, 1.54) is 0 Å². The smallest absolute Gasteiger partial charge is 0.370 e. The highest BCUT2D eigenvalue weighted by Crippen LogP contribution is 2.30. The van der Waals surface area contributed by atoms with Crippen LogP contribution in [0.3, 0.4) is 0 Å². The summed E-state index contributed by atoms with van der Waals surface area (Å²) < 4.78 is 60.4. The predicted molar refractivity (Wildman–Crippen MR) is 78.6 cm³/mol. The van der Waals surface area contributed by atoms with E-state index in [0.29, 0.717) is 23.7 Å². The number of sulfonamides is 1. The maximum atomic E-state index is 12.5. The minimum absolute atomic E-state index is 0.0278. The van der Waals surface area contributed by atoms with Gasteiger partial charge in [-0.3, -0.25) is 4.99 Å². The highest BCUT2D eigenvalue weighted by molar-refractivity contribution is 7.90. The first-order valence-corrected chi connectivity index (χ1v) is 8.41. The molecule has 0 radical (unpaired) electrons. The zero-order valence-electron chi connectivity index (χ0n) is 12.9. The second-order valence-corrected chi connectivity index (χ2v) is 8.32. The molecule has 1 fully saturated rings. The van der Waals surface area contributed by atoms with Crippen LogP contribution in [0.25, 0.3) is 0 Å². The number of nitrogens with zero attached hydrogens (tertiary/aromatic N) is 2. The largest absolute Gasteiger partial charge is 0.511 e. The van der Waals surface area contributed by atoms with Gasteiger partial charge in [-0.1, -0.05) is 0 Å². The van der Waals surface area contributed by atoms with E-state index in [1.54, 1.807) is 0 Å². The Kier molecular flexibility index (Phi) is 5.71. The van der Waals surface area contributed by atoms with Crippen molar-refractivity contribution in [2.45, 2.75) is 44.7 Å². The van der Waals surface area contributed by atoms with Crippen molar-refractivity contribution in [1.29, 1.82) is 0 Å². The Morgan fingerprint density at radius 2 is 1.77 bits per heavy atom. The van der Waals surface area contributed by atoms with Crippen molar-refractivity contribution in [3.63, 3.8) is 0 Å². The van der Waals surface area contributed by atoms with Crippen LogP contribution >= 0.6 is 0 Å². The van der Waals surface area contributed by atoms with E-state index in [-0.39, 0.29) is 30.5 Å². The van der Waals surface area contributed by atoms with Crippen molar-refractivity contribution in [3.8, 4) is 0 Å². The van der Waals surface area contributed by atoms with Crippen LogP contribution in [0.4, 0.5) is 13.2 Å². The fraction of sp³-hybridized carbons (Fsp3) is 0.917. The Hall–Kier alpha value is -1.03. The lowest BCUT2D eigenvalue weighted by Crippen LogP contribution is -2.46. The normalized spacial score (nSPS) is 20.2. The van der Waals surface area contributed by atoms with Gasteiger partial charge >= 0.3 is 15.5 Å². The number of alkyl halides is 3. The Bertz CT molecular complexity index is 503. The van der Waals surface area contributed by atoms with Crippen molar-refractivity contribution in [2.75, 3.05) is 19.6 Å². The number of hydrogen-bond acceptors (Lipinski definition) is 3. The van der Waals surface area contributed by atoms with Gasteiger partial charge in [0, 0.05) is 25.2 Å². The average Bonchev–Trinajstić information content (AvgIpc) is 2.33. The minimum atomic E-state index is -5.24. The summed E-state index contributed by atoms with van der Waals surface area (Å²) in [5.74, 6) is 0.304. The number of rotatable bonds is 3. The van der Waals surface area contributed by atoms with E-state index >= 15 is 0 Å². The van der Waals surface area contributed by atoms with Gasteiger partial charge in [-0.15, -0.1) is 0 Å². The van der Waals surface area contributed by atoms with Gasteiger partial charge in [-0.05, 0) is 39.5 Å². The molecule has 1 aliphatic rings. The molecule has 0 aromatic heterocycles. The molecule has 0 aliphatic carbocycles. The molecule has 1 saturated heterocycles. The zero-order valence-corrected chi connectivity index (χ0v) is 13.8. The van der Waals surface area contributed by atoms with Gasteiger partial charge < -0.3 is 11.1 Å². The lowest BCUT2D eigenvalue weighted by atomic mass is 9.98. The lowest BCUT2D eigenvalue weighted by Gasteiger charge is -2.31. The van der Waals surface area contributed by atoms with E-state index < -0.39 is 15.5 Å². The van der Waals surface area contributed by atoms with E-state index in [2.05, 4.69) is 10.3 Å². The molecule has 10 heteroatoms. The topological polar surface area (TPSA) is 87.8 Å². The van der Waals surface area contributed by atoms with Crippen LogP contribution in [0.1, 0.15) is 33.6 Å². The van der Waals surface area contributed by atoms with Gasteiger partial charge in [0.05, 0.1) is 0 Å². The summed E-state index contributed by atoms with van der Waals surface area (Å²) in [5.41, 5.74) is 0.253. The second-order valence-electron chi connectivity index (χ2n) is 6.39. The summed E-state index contributed by atoms with van der Waals surface area (Å²) in [6, 6.07) is 0. The highest BCUT2D eigenvalue weighted by atomic mass is 32.2. The standard InChI is InChI=1S/C12H23F3N4O2S/c1-11(2,3)18-10(16)17-8-9-4-6-19(7-5-9)22(20,21)12(13,14)15/h9H,4-8H2,1-3H3,(H3,16,17,18). The second kappa shape index (κ2) is 6.61. The Morgan fingerprint density at radius 1 is 1.27 bits per heavy atom. The molecule has 1 rings (SSSR count). The highest BCUT2D eigenvalue weighted by Gasteiger charge is 2.50. The monoisotopic (exact) mass is 344 g/mol. The first-order valence-electron chi connectivity index (χ1n) is 6.97. The van der Waals surface area contributed by atoms with Gasteiger partial charge in [0.1, 0.15) is 0 Å². The van der Waals surface area contributed by atoms with E-state index in [4.69, 9.17) is 5.73 Å². The molecule has 6 nitrogen and oxygen atoms in total. The molecule has 130 valence electrons. The molecule has 1 aliphatic heterocycles. The molecule has 0 saturated carbocycles. The molecular formula is C12H23F3N4O2S. The number of guanidine groups is 1. The number of nitrogens with one attached hydrogen (secondary N) is 1. The summed E-state index contributed by atoms with van der Waals surface area (Å²) >= 11 is 0. The van der Waals surface area contributed by atoms with Crippen molar-refractivity contribution < 1.29 is 21.6 Å². The van der Waals surface area contributed by atoms with Gasteiger partial charge in [0.2, 0.25) is 0 Å². The maximum Gasteiger partial charge on any atom is 0.511 e. The van der Waals surface area contributed by atoms with Crippen LogP contribution in [0.2, 0.25) is 0 Å². The van der Waals surface area contributed by atoms with Crippen molar-refractivity contribution in [1.82, 2.24) is 9.62 Å². The third-order valence-corrected chi connectivity index (χ3v) is 4.86. The molecule has 0 atom stereocenters. The Balaban J connectivity index is 2.52. The van der Waals surface area contributed by atoms with E-state index in [0.717, 1.165) is 0 Å². The van der Waals surface area contributed by atoms with Crippen molar-refractivity contribution >= 4 is 16.0 Å². The average molecular weight is 344 g/mol. The van der Waals surface area contributed by atoms with Crippen LogP contribution in [-0.2, 0) is 10.0 Å². The van der Waals surface area contributed by atoms with E-state index in [1.807, 2.05) is 20.8 Å². The van der Waals surface area contributed by atoms with Crippen LogP contribution in [0, 0.1) is 5.92 Å². The van der Waals surface area contributed by atoms with Crippen molar-refractivity contribution in [3.05, 3.63) is 0 Å². The molecular weight excluding hydrogens is 321 g/mol. The third kappa shape index (κ3) is 5.31. The van der Waals surface area contributed by atoms with E-state index in [9.17, 15) is 21.6 Å². The van der Waals surface area contributed by atoms with Gasteiger partial charge in [0.25, 0.3) is 0 Å². The number of halogens is 3. The van der Waals surface area contributed by atoms with Crippen molar-refractivity contribution in [2.24, 2.45) is 16.6 Å². The Morgan fingerprint density at radius 3 is 2.18 bits per heavy atom. The predicted octanol–water partition coefficient (Wildman–Crippen LogP) is 1.25. The first kappa shape index (κ1) is 19.0.